The van der Waals surface area contributed by atoms with Crippen LogP contribution in [-0.2, 0) is 0 Å². The Morgan fingerprint density at radius 2 is 1.60 bits per heavy atom. The van der Waals surface area contributed by atoms with Gasteiger partial charge in [0.05, 0.1) is 0 Å². The van der Waals surface area contributed by atoms with Crippen molar-refractivity contribution in [3.63, 3.8) is 0 Å². The third-order valence-corrected chi connectivity index (χ3v) is 3.01. The van der Waals surface area contributed by atoms with Gasteiger partial charge in [0, 0.05) is 6.04 Å². The molecule has 0 fully saturated rings. The molecule has 2 atom stereocenters. The Bertz CT molecular complexity index is 131. The zero-order valence-corrected chi connectivity index (χ0v) is 11.5. The van der Waals surface area contributed by atoms with Crippen molar-refractivity contribution in [3.05, 3.63) is 0 Å². The standard InChI is InChI=1S/C14H31N/c1-6-8-13(4)11-15-14(5)10-7-9-12(2)3/h12-15H,6-11H2,1-5H3. The number of hydrogen-bond donors (Lipinski definition) is 1. The molecular weight excluding hydrogens is 182 g/mol. The largest absolute Gasteiger partial charge is 0.314 e. The first-order chi connectivity index (χ1) is 7.06. The van der Waals surface area contributed by atoms with E-state index in [1.54, 1.807) is 0 Å². The Morgan fingerprint density at radius 1 is 0.933 bits per heavy atom. The van der Waals surface area contributed by atoms with Crippen LogP contribution in [0.4, 0.5) is 0 Å². The first kappa shape index (κ1) is 15.0. The van der Waals surface area contributed by atoms with Crippen LogP contribution in [0, 0.1) is 11.8 Å². The second-order valence-corrected chi connectivity index (χ2v) is 5.53. The van der Waals surface area contributed by atoms with E-state index in [-0.39, 0.29) is 0 Å². The molecule has 1 N–H and O–H groups in total. The number of hydrogen-bond acceptors (Lipinski definition) is 1. The van der Waals surface area contributed by atoms with Gasteiger partial charge in [-0.15, -0.1) is 0 Å². The molecule has 15 heavy (non-hydrogen) atoms. The lowest BCUT2D eigenvalue weighted by Gasteiger charge is -2.17. The molecule has 0 rings (SSSR count). The van der Waals surface area contributed by atoms with E-state index in [0.29, 0.717) is 6.04 Å². The molecule has 0 aliphatic rings. The molecule has 2 unspecified atom stereocenters. The van der Waals surface area contributed by atoms with Gasteiger partial charge in [-0.1, -0.05) is 47.0 Å². The molecule has 92 valence electrons. The van der Waals surface area contributed by atoms with Crippen molar-refractivity contribution in [2.75, 3.05) is 6.54 Å². The van der Waals surface area contributed by atoms with Crippen LogP contribution in [0.2, 0.25) is 0 Å². The van der Waals surface area contributed by atoms with Gasteiger partial charge in [-0.25, -0.2) is 0 Å². The molecule has 0 saturated carbocycles. The predicted molar refractivity (Wildman–Crippen MR) is 70.2 cm³/mol. The van der Waals surface area contributed by atoms with E-state index in [1.165, 1.54) is 38.6 Å². The highest BCUT2D eigenvalue weighted by molar-refractivity contribution is 4.64. The van der Waals surface area contributed by atoms with Crippen molar-refractivity contribution in [2.24, 2.45) is 11.8 Å². The average molecular weight is 213 g/mol. The van der Waals surface area contributed by atoms with Crippen LogP contribution in [0.1, 0.15) is 66.7 Å². The van der Waals surface area contributed by atoms with Gasteiger partial charge in [0.15, 0.2) is 0 Å². The maximum Gasteiger partial charge on any atom is 0.00388 e. The van der Waals surface area contributed by atoms with Gasteiger partial charge in [0.2, 0.25) is 0 Å². The van der Waals surface area contributed by atoms with E-state index in [2.05, 4.69) is 39.9 Å². The van der Waals surface area contributed by atoms with Gasteiger partial charge in [0.25, 0.3) is 0 Å². The normalized spacial score (nSPS) is 15.6. The molecule has 0 saturated heterocycles. The predicted octanol–water partition coefficient (Wildman–Crippen LogP) is 4.23. The second-order valence-electron chi connectivity index (χ2n) is 5.53. The highest BCUT2D eigenvalue weighted by Gasteiger charge is 2.05. The summed E-state index contributed by atoms with van der Waals surface area (Å²) in [6.45, 7) is 12.7. The summed E-state index contributed by atoms with van der Waals surface area (Å²) >= 11 is 0. The Kier molecular flexibility index (Phi) is 9.18. The molecule has 0 aromatic heterocycles. The van der Waals surface area contributed by atoms with Gasteiger partial charge in [-0.05, 0) is 38.1 Å². The average Bonchev–Trinajstić information content (AvgIpc) is 2.14. The summed E-state index contributed by atoms with van der Waals surface area (Å²) in [7, 11) is 0. The Morgan fingerprint density at radius 3 is 2.13 bits per heavy atom. The van der Waals surface area contributed by atoms with Gasteiger partial charge in [0.1, 0.15) is 0 Å². The minimum absolute atomic E-state index is 0.697. The number of nitrogens with one attached hydrogen (secondary N) is 1. The van der Waals surface area contributed by atoms with Crippen molar-refractivity contribution in [2.45, 2.75) is 72.8 Å². The van der Waals surface area contributed by atoms with Crippen LogP contribution in [0.25, 0.3) is 0 Å². The third kappa shape index (κ3) is 10.2. The monoisotopic (exact) mass is 213 g/mol. The fraction of sp³-hybridized carbons (Fsp3) is 1.00. The van der Waals surface area contributed by atoms with E-state index in [4.69, 9.17) is 0 Å². The van der Waals surface area contributed by atoms with Crippen LogP contribution in [0.3, 0.4) is 0 Å². The second kappa shape index (κ2) is 9.21. The van der Waals surface area contributed by atoms with Crippen molar-refractivity contribution in [1.82, 2.24) is 5.32 Å². The smallest absolute Gasteiger partial charge is 0.00388 e. The lowest BCUT2D eigenvalue weighted by molar-refractivity contribution is 0.408. The minimum Gasteiger partial charge on any atom is -0.314 e. The summed E-state index contributed by atoms with van der Waals surface area (Å²) in [6.07, 6.45) is 6.73. The Balaban J connectivity index is 3.36. The van der Waals surface area contributed by atoms with Gasteiger partial charge < -0.3 is 5.32 Å². The maximum atomic E-state index is 3.64. The van der Waals surface area contributed by atoms with Gasteiger partial charge >= 0.3 is 0 Å². The summed E-state index contributed by atoms with van der Waals surface area (Å²) in [5.74, 6) is 1.69. The Hall–Kier alpha value is -0.0400. The van der Waals surface area contributed by atoms with Gasteiger partial charge in [-0.3, -0.25) is 0 Å². The van der Waals surface area contributed by atoms with Crippen molar-refractivity contribution in [3.8, 4) is 0 Å². The quantitative estimate of drug-likeness (QED) is 0.604. The van der Waals surface area contributed by atoms with Crippen LogP contribution in [-0.4, -0.2) is 12.6 Å². The van der Waals surface area contributed by atoms with E-state index >= 15 is 0 Å². The van der Waals surface area contributed by atoms with Crippen LogP contribution in [0.5, 0.6) is 0 Å². The lowest BCUT2D eigenvalue weighted by Crippen LogP contribution is -2.30. The molecule has 0 spiro atoms. The van der Waals surface area contributed by atoms with E-state index in [1.807, 2.05) is 0 Å². The van der Waals surface area contributed by atoms with Gasteiger partial charge in [-0.2, -0.15) is 0 Å². The Labute approximate surface area is 97.0 Å². The van der Waals surface area contributed by atoms with E-state index in [0.717, 1.165) is 11.8 Å². The SMILES string of the molecule is CCCC(C)CNC(C)CCCC(C)C. The summed E-state index contributed by atoms with van der Waals surface area (Å²) in [6, 6.07) is 0.697. The van der Waals surface area contributed by atoms with Crippen LogP contribution < -0.4 is 5.32 Å². The molecule has 0 aromatic carbocycles. The minimum atomic E-state index is 0.697. The van der Waals surface area contributed by atoms with Crippen molar-refractivity contribution < 1.29 is 0 Å². The molecule has 0 aliphatic carbocycles. The molecule has 1 heteroatoms. The zero-order chi connectivity index (χ0) is 11.7. The summed E-state index contributed by atoms with van der Waals surface area (Å²) < 4.78 is 0. The molecule has 0 bridgehead atoms. The van der Waals surface area contributed by atoms with Crippen molar-refractivity contribution >= 4 is 0 Å². The van der Waals surface area contributed by atoms with E-state index < -0.39 is 0 Å². The van der Waals surface area contributed by atoms with Crippen LogP contribution >= 0.6 is 0 Å². The molecule has 1 nitrogen and oxygen atoms in total. The highest BCUT2D eigenvalue weighted by Crippen LogP contribution is 2.09. The molecule has 0 aliphatic heterocycles. The molecular formula is C14H31N. The molecule has 0 heterocycles. The zero-order valence-electron chi connectivity index (χ0n) is 11.5. The van der Waals surface area contributed by atoms with E-state index in [9.17, 15) is 0 Å². The molecule has 0 aromatic rings. The maximum absolute atomic E-state index is 3.64. The molecule has 0 radical (unpaired) electrons. The molecule has 0 amide bonds. The highest BCUT2D eigenvalue weighted by atomic mass is 14.9. The third-order valence-electron chi connectivity index (χ3n) is 3.01. The fourth-order valence-electron chi connectivity index (χ4n) is 1.93. The van der Waals surface area contributed by atoms with Crippen molar-refractivity contribution in [1.29, 1.82) is 0 Å². The number of rotatable bonds is 9. The first-order valence-electron chi connectivity index (χ1n) is 6.79. The lowest BCUT2D eigenvalue weighted by atomic mass is 10.0. The topological polar surface area (TPSA) is 12.0 Å². The first-order valence-corrected chi connectivity index (χ1v) is 6.79. The summed E-state index contributed by atoms with van der Waals surface area (Å²) in [5, 5.41) is 3.64. The summed E-state index contributed by atoms with van der Waals surface area (Å²) in [4.78, 5) is 0. The summed E-state index contributed by atoms with van der Waals surface area (Å²) in [5.41, 5.74) is 0. The fourth-order valence-corrected chi connectivity index (χ4v) is 1.93. The van der Waals surface area contributed by atoms with Crippen LogP contribution in [0.15, 0.2) is 0 Å².